The Balaban J connectivity index is 1.51. The molecule has 3 rings (SSSR count). The summed E-state index contributed by atoms with van der Waals surface area (Å²) in [5.74, 6) is 1.78. The van der Waals surface area contributed by atoms with E-state index in [0.29, 0.717) is 11.4 Å². The predicted octanol–water partition coefficient (Wildman–Crippen LogP) is 4.31. The Morgan fingerprint density at radius 3 is 2.38 bits per heavy atom. The largest absolute Gasteiger partial charge is 0.493 e. The van der Waals surface area contributed by atoms with Crippen LogP contribution in [0.15, 0.2) is 60.8 Å². The van der Waals surface area contributed by atoms with Crippen LogP contribution in [0.5, 0.6) is 11.5 Å². The monoisotopic (exact) mass is 391 g/mol. The van der Waals surface area contributed by atoms with E-state index >= 15 is 0 Å². The molecule has 0 atom stereocenters. The van der Waals surface area contributed by atoms with Gasteiger partial charge in [0.15, 0.2) is 11.5 Å². The summed E-state index contributed by atoms with van der Waals surface area (Å²) in [5, 5.41) is 6.14. The van der Waals surface area contributed by atoms with Crippen molar-refractivity contribution in [1.29, 1.82) is 0 Å². The number of benzene rings is 2. The van der Waals surface area contributed by atoms with Crippen molar-refractivity contribution in [3.05, 3.63) is 77.5 Å². The number of aromatic nitrogens is 1. The van der Waals surface area contributed by atoms with Gasteiger partial charge in [-0.05, 0) is 55.3 Å². The Bertz CT molecular complexity index is 954. The highest BCUT2D eigenvalue weighted by molar-refractivity contribution is 6.03. The highest BCUT2D eigenvalue weighted by Crippen LogP contribution is 2.27. The molecule has 1 amide bonds. The molecule has 0 saturated carbocycles. The van der Waals surface area contributed by atoms with Gasteiger partial charge in [-0.3, -0.25) is 4.79 Å². The number of carbonyl (C=O) groups excluding carboxylic acids is 1. The second kappa shape index (κ2) is 9.59. The lowest BCUT2D eigenvalue weighted by Crippen LogP contribution is -2.13. The van der Waals surface area contributed by atoms with E-state index < -0.39 is 0 Å². The molecule has 0 aliphatic heterocycles. The minimum atomic E-state index is -0.174. The fourth-order valence-electron chi connectivity index (χ4n) is 2.85. The second-order valence-electron chi connectivity index (χ2n) is 6.62. The standard InChI is InChI=1S/C23H25N3O3/c1-16-4-7-18(8-5-16)23(27)26-22-11-9-19(15-25-22)24-13-12-17-6-10-20(28-2)21(14-17)29-3/h4-11,14-15,24H,12-13H2,1-3H3,(H,25,26,27). The van der Waals surface area contributed by atoms with E-state index in [1.54, 1.807) is 38.6 Å². The summed E-state index contributed by atoms with van der Waals surface area (Å²) in [6, 6.07) is 17.0. The fraction of sp³-hybridized carbons (Fsp3) is 0.217. The molecule has 0 bridgehead atoms. The van der Waals surface area contributed by atoms with Crippen LogP contribution in [0.4, 0.5) is 11.5 Å². The maximum atomic E-state index is 12.3. The third-order valence-corrected chi connectivity index (χ3v) is 4.51. The minimum Gasteiger partial charge on any atom is -0.493 e. The zero-order valence-electron chi connectivity index (χ0n) is 16.9. The molecule has 2 N–H and O–H groups in total. The van der Waals surface area contributed by atoms with Gasteiger partial charge in [0, 0.05) is 12.1 Å². The van der Waals surface area contributed by atoms with E-state index in [-0.39, 0.29) is 5.91 Å². The average molecular weight is 391 g/mol. The van der Waals surface area contributed by atoms with Gasteiger partial charge in [-0.2, -0.15) is 0 Å². The van der Waals surface area contributed by atoms with Crippen molar-refractivity contribution in [2.45, 2.75) is 13.3 Å². The number of methoxy groups -OCH3 is 2. The molecule has 0 fully saturated rings. The lowest BCUT2D eigenvalue weighted by Gasteiger charge is -2.11. The van der Waals surface area contributed by atoms with Crippen molar-refractivity contribution in [1.82, 2.24) is 4.98 Å². The Hall–Kier alpha value is -3.54. The quantitative estimate of drug-likeness (QED) is 0.598. The van der Waals surface area contributed by atoms with Crippen LogP contribution < -0.4 is 20.1 Å². The molecule has 1 heterocycles. The van der Waals surface area contributed by atoms with Gasteiger partial charge < -0.3 is 20.1 Å². The van der Waals surface area contributed by atoms with Crippen LogP contribution in [0.3, 0.4) is 0 Å². The lowest BCUT2D eigenvalue weighted by molar-refractivity contribution is 0.102. The van der Waals surface area contributed by atoms with Gasteiger partial charge >= 0.3 is 0 Å². The molecule has 0 radical (unpaired) electrons. The van der Waals surface area contributed by atoms with Crippen molar-refractivity contribution < 1.29 is 14.3 Å². The lowest BCUT2D eigenvalue weighted by atomic mass is 10.1. The number of anilines is 2. The third kappa shape index (κ3) is 5.48. The predicted molar refractivity (Wildman–Crippen MR) is 115 cm³/mol. The first-order valence-corrected chi connectivity index (χ1v) is 9.38. The van der Waals surface area contributed by atoms with E-state index in [1.165, 1.54) is 0 Å². The molecule has 0 spiro atoms. The van der Waals surface area contributed by atoms with Gasteiger partial charge in [-0.25, -0.2) is 4.98 Å². The van der Waals surface area contributed by atoms with Crippen LogP contribution in [0.2, 0.25) is 0 Å². The number of nitrogens with zero attached hydrogens (tertiary/aromatic N) is 1. The number of hydrogen-bond donors (Lipinski definition) is 2. The van der Waals surface area contributed by atoms with Crippen LogP contribution in [0.25, 0.3) is 0 Å². The molecule has 29 heavy (non-hydrogen) atoms. The number of nitrogens with one attached hydrogen (secondary N) is 2. The topological polar surface area (TPSA) is 72.5 Å². The summed E-state index contributed by atoms with van der Waals surface area (Å²) in [5.41, 5.74) is 3.75. The van der Waals surface area contributed by atoms with Gasteiger partial charge in [-0.1, -0.05) is 23.8 Å². The summed E-state index contributed by atoms with van der Waals surface area (Å²) < 4.78 is 10.6. The van der Waals surface area contributed by atoms with Gasteiger partial charge in [0.05, 0.1) is 26.1 Å². The SMILES string of the molecule is COc1ccc(CCNc2ccc(NC(=O)c3ccc(C)cc3)nc2)cc1OC. The second-order valence-corrected chi connectivity index (χ2v) is 6.62. The van der Waals surface area contributed by atoms with E-state index in [9.17, 15) is 4.79 Å². The van der Waals surface area contributed by atoms with Crippen molar-refractivity contribution in [3.63, 3.8) is 0 Å². The number of pyridine rings is 1. The summed E-state index contributed by atoms with van der Waals surface area (Å²) in [6.45, 7) is 2.73. The Morgan fingerprint density at radius 1 is 0.966 bits per heavy atom. The molecule has 2 aromatic carbocycles. The van der Waals surface area contributed by atoms with Gasteiger partial charge in [-0.15, -0.1) is 0 Å². The number of aryl methyl sites for hydroxylation is 1. The first kappa shape index (κ1) is 20.2. The zero-order chi connectivity index (χ0) is 20.6. The number of carbonyl (C=O) groups is 1. The summed E-state index contributed by atoms with van der Waals surface area (Å²) in [6.07, 6.45) is 2.53. The molecular formula is C23H25N3O3. The van der Waals surface area contributed by atoms with Crippen LogP contribution in [-0.2, 0) is 6.42 Å². The minimum absolute atomic E-state index is 0.174. The van der Waals surface area contributed by atoms with E-state index in [1.807, 2.05) is 43.3 Å². The van der Waals surface area contributed by atoms with Crippen molar-refractivity contribution in [2.24, 2.45) is 0 Å². The average Bonchev–Trinajstić information content (AvgIpc) is 2.75. The van der Waals surface area contributed by atoms with Gasteiger partial charge in [0.1, 0.15) is 5.82 Å². The maximum Gasteiger partial charge on any atom is 0.256 e. The molecule has 0 unspecified atom stereocenters. The first-order chi connectivity index (χ1) is 14.1. The van der Waals surface area contributed by atoms with E-state index in [2.05, 4.69) is 15.6 Å². The Kier molecular flexibility index (Phi) is 6.68. The molecule has 1 aromatic heterocycles. The molecule has 0 aliphatic rings. The van der Waals surface area contributed by atoms with Gasteiger partial charge in [0.25, 0.3) is 5.91 Å². The van der Waals surface area contributed by atoms with Crippen LogP contribution in [-0.4, -0.2) is 31.7 Å². The molecule has 150 valence electrons. The number of rotatable bonds is 8. The molecule has 0 aliphatic carbocycles. The fourth-order valence-corrected chi connectivity index (χ4v) is 2.85. The molecular weight excluding hydrogens is 366 g/mol. The van der Waals surface area contributed by atoms with Crippen LogP contribution >= 0.6 is 0 Å². The number of amides is 1. The molecule has 6 nitrogen and oxygen atoms in total. The summed E-state index contributed by atoms with van der Waals surface area (Å²) in [7, 11) is 3.25. The summed E-state index contributed by atoms with van der Waals surface area (Å²) >= 11 is 0. The smallest absolute Gasteiger partial charge is 0.256 e. The van der Waals surface area contributed by atoms with Crippen LogP contribution in [0, 0.1) is 6.92 Å². The van der Waals surface area contributed by atoms with Gasteiger partial charge in [0.2, 0.25) is 0 Å². The van der Waals surface area contributed by atoms with Crippen LogP contribution in [0.1, 0.15) is 21.5 Å². The Morgan fingerprint density at radius 2 is 1.72 bits per heavy atom. The highest BCUT2D eigenvalue weighted by Gasteiger charge is 2.07. The summed E-state index contributed by atoms with van der Waals surface area (Å²) in [4.78, 5) is 16.6. The number of hydrogen-bond acceptors (Lipinski definition) is 5. The zero-order valence-corrected chi connectivity index (χ0v) is 16.9. The maximum absolute atomic E-state index is 12.3. The molecule has 6 heteroatoms. The molecule has 3 aromatic rings. The van der Waals surface area contributed by atoms with Crippen molar-refractivity contribution in [2.75, 3.05) is 31.4 Å². The van der Waals surface area contributed by atoms with Crippen molar-refractivity contribution >= 4 is 17.4 Å². The van der Waals surface area contributed by atoms with Crippen molar-refractivity contribution in [3.8, 4) is 11.5 Å². The van der Waals surface area contributed by atoms with E-state index in [0.717, 1.165) is 41.3 Å². The first-order valence-electron chi connectivity index (χ1n) is 9.38. The number of ether oxygens (including phenoxy) is 2. The Labute approximate surface area is 170 Å². The molecule has 0 saturated heterocycles. The normalized spacial score (nSPS) is 10.3. The van der Waals surface area contributed by atoms with E-state index in [4.69, 9.17) is 9.47 Å². The third-order valence-electron chi connectivity index (χ3n) is 4.51. The highest BCUT2D eigenvalue weighted by atomic mass is 16.5.